The predicted molar refractivity (Wildman–Crippen MR) is 147 cm³/mol. The summed E-state index contributed by atoms with van der Waals surface area (Å²) < 4.78 is 4.32. The van der Waals surface area contributed by atoms with E-state index in [1.54, 1.807) is 22.9 Å². The van der Waals surface area contributed by atoms with Crippen molar-refractivity contribution in [3.05, 3.63) is 98.3 Å². The maximum atomic E-state index is 13.2. The molecule has 0 spiro atoms. The summed E-state index contributed by atoms with van der Waals surface area (Å²) in [4.78, 5) is 33.9. The van der Waals surface area contributed by atoms with Gasteiger partial charge in [-0.2, -0.15) is 5.26 Å². The number of halogens is 1. The molecule has 5 aromatic rings. The monoisotopic (exact) mass is 568 g/mol. The van der Waals surface area contributed by atoms with Gasteiger partial charge in [-0.25, -0.2) is 14.4 Å². The first-order valence-electron chi connectivity index (χ1n) is 11.6. The Labute approximate surface area is 225 Å². The quantitative estimate of drug-likeness (QED) is 0.321. The van der Waals surface area contributed by atoms with Gasteiger partial charge in [-0.1, -0.05) is 34.1 Å². The van der Waals surface area contributed by atoms with Crippen molar-refractivity contribution in [1.29, 1.82) is 5.26 Å². The molecule has 2 aromatic carbocycles. The minimum absolute atomic E-state index is 0.100. The Bertz CT molecular complexity index is 1810. The summed E-state index contributed by atoms with van der Waals surface area (Å²) in [6.07, 6.45) is 7.15. The lowest BCUT2D eigenvalue weighted by Gasteiger charge is -2.14. The topological polar surface area (TPSA) is 122 Å². The summed E-state index contributed by atoms with van der Waals surface area (Å²) in [5, 5.41) is 18.1. The smallest absolute Gasteiger partial charge is 0.263 e. The van der Waals surface area contributed by atoms with Crippen LogP contribution >= 0.6 is 15.9 Å². The Balaban J connectivity index is 0.000000222. The second-order valence-electron chi connectivity index (χ2n) is 8.74. The van der Waals surface area contributed by atoms with Crippen molar-refractivity contribution in [1.82, 2.24) is 29.1 Å². The van der Waals surface area contributed by atoms with Crippen molar-refractivity contribution >= 4 is 50.4 Å². The zero-order chi connectivity index (χ0) is 26.8. The van der Waals surface area contributed by atoms with E-state index in [0.717, 1.165) is 21.2 Å². The van der Waals surface area contributed by atoms with E-state index in [0.29, 0.717) is 41.2 Å². The molecular weight excluding hydrogens is 548 g/mol. The van der Waals surface area contributed by atoms with Gasteiger partial charge >= 0.3 is 0 Å². The molecule has 6 rings (SSSR count). The van der Waals surface area contributed by atoms with Crippen LogP contribution in [-0.2, 0) is 6.54 Å². The van der Waals surface area contributed by atoms with E-state index in [-0.39, 0.29) is 11.3 Å². The van der Waals surface area contributed by atoms with Gasteiger partial charge in [-0.05, 0) is 42.0 Å². The number of rotatable bonds is 3. The van der Waals surface area contributed by atoms with Crippen molar-refractivity contribution in [2.45, 2.75) is 13.0 Å². The Morgan fingerprint density at radius 1 is 1.11 bits per heavy atom. The van der Waals surface area contributed by atoms with E-state index < -0.39 is 0 Å². The lowest BCUT2D eigenvalue weighted by Crippen LogP contribution is -2.24. The maximum absolute atomic E-state index is 13.2. The van der Waals surface area contributed by atoms with Crippen molar-refractivity contribution in [3.63, 3.8) is 0 Å². The van der Waals surface area contributed by atoms with E-state index >= 15 is 0 Å². The van der Waals surface area contributed by atoms with Crippen LogP contribution in [0.5, 0.6) is 0 Å². The van der Waals surface area contributed by atoms with Gasteiger partial charge in [0.2, 0.25) is 11.7 Å². The number of allylic oxidation sites excluding steroid dienone is 1. The molecular formula is C27H21BrN8O2. The third-order valence-electron chi connectivity index (χ3n) is 5.99. The molecule has 38 heavy (non-hydrogen) atoms. The predicted octanol–water partition coefficient (Wildman–Crippen LogP) is 3.87. The number of aromatic nitrogens is 6. The number of benzene rings is 2. The highest BCUT2D eigenvalue weighted by molar-refractivity contribution is 9.10. The Morgan fingerprint density at radius 3 is 2.61 bits per heavy atom. The van der Waals surface area contributed by atoms with Crippen LogP contribution in [0.4, 0.5) is 5.95 Å². The number of carbonyl (C=O) groups is 1. The van der Waals surface area contributed by atoms with Crippen molar-refractivity contribution < 1.29 is 4.79 Å². The zero-order valence-corrected chi connectivity index (χ0v) is 22.1. The van der Waals surface area contributed by atoms with Crippen LogP contribution in [-0.4, -0.2) is 49.0 Å². The molecule has 10 nitrogen and oxygen atoms in total. The summed E-state index contributed by atoms with van der Waals surface area (Å²) in [6, 6.07) is 14.9. The van der Waals surface area contributed by atoms with Gasteiger partial charge in [0.15, 0.2) is 5.78 Å². The second-order valence-corrected chi connectivity index (χ2v) is 9.66. The Morgan fingerprint density at radius 2 is 1.89 bits per heavy atom. The van der Waals surface area contributed by atoms with E-state index in [2.05, 4.69) is 42.2 Å². The average Bonchev–Trinajstić information content (AvgIpc) is 3.38. The number of fused-ring (bicyclic) bond motifs is 4. The lowest BCUT2D eigenvalue weighted by atomic mass is 10.0. The van der Waals surface area contributed by atoms with Crippen LogP contribution in [0.15, 0.2) is 70.3 Å². The molecule has 0 N–H and O–H groups in total. The molecule has 11 heteroatoms. The van der Waals surface area contributed by atoms with Gasteiger partial charge < -0.3 is 4.90 Å². The standard InChI is InChI=1S/C19H15BrN6O.C8H6N2O/c1-24(2)18-22-23-19-25(11-13-5-3-12(10-21)4-6-13)17(27)15-9-14(20)7-8-16(15)26(18)19;11-8-3-1-2-7-6(8)4-9-5-10-7/h3-9H,11H2,1-2H3;1-2,4-5H,3H2. The molecule has 1 aliphatic carbocycles. The Kier molecular flexibility index (Phi) is 6.81. The summed E-state index contributed by atoms with van der Waals surface area (Å²) >= 11 is 3.45. The average molecular weight is 569 g/mol. The fraction of sp³-hybridized carbons (Fsp3) is 0.148. The minimum atomic E-state index is -0.138. The molecule has 3 aromatic heterocycles. The number of nitriles is 1. The summed E-state index contributed by atoms with van der Waals surface area (Å²) in [6.45, 7) is 0.335. The highest BCUT2D eigenvalue weighted by Crippen LogP contribution is 2.22. The summed E-state index contributed by atoms with van der Waals surface area (Å²) in [7, 11) is 3.77. The molecule has 0 unspecified atom stereocenters. The van der Waals surface area contributed by atoms with E-state index in [9.17, 15) is 9.59 Å². The first-order chi connectivity index (χ1) is 18.4. The normalized spacial score (nSPS) is 12.1. The van der Waals surface area contributed by atoms with Gasteiger partial charge in [0.25, 0.3) is 5.56 Å². The number of anilines is 1. The molecule has 0 fully saturated rings. The van der Waals surface area contributed by atoms with Crippen LogP contribution in [0.2, 0.25) is 0 Å². The van der Waals surface area contributed by atoms with Gasteiger partial charge in [0.1, 0.15) is 6.33 Å². The van der Waals surface area contributed by atoms with Crippen molar-refractivity contribution in [3.8, 4) is 6.07 Å². The lowest BCUT2D eigenvalue weighted by molar-refractivity contribution is 0.0993. The van der Waals surface area contributed by atoms with Crippen molar-refractivity contribution in [2.75, 3.05) is 19.0 Å². The van der Waals surface area contributed by atoms with E-state index in [1.807, 2.05) is 65.9 Å². The minimum Gasteiger partial charge on any atom is -0.347 e. The number of carbonyl (C=O) groups excluding carboxylic acids is 1. The van der Waals surface area contributed by atoms with Gasteiger partial charge in [0.05, 0.1) is 40.3 Å². The first kappa shape index (κ1) is 25.0. The third-order valence-corrected chi connectivity index (χ3v) is 6.48. The number of hydrogen-bond acceptors (Lipinski definition) is 8. The number of Topliss-reactive ketones (excluding diaryl/α,β-unsaturated/α-hetero) is 1. The zero-order valence-electron chi connectivity index (χ0n) is 20.5. The third kappa shape index (κ3) is 4.69. The SMILES string of the molecule is CN(C)c1nnc2n(Cc3ccc(C#N)cc3)c(=O)c3cc(Br)ccc3n12.O=C1CC=Cc2ncncc21. The molecule has 188 valence electrons. The highest BCUT2D eigenvalue weighted by Gasteiger charge is 2.18. The molecule has 0 saturated heterocycles. The largest absolute Gasteiger partial charge is 0.347 e. The van der Waals surface area contributed by atoms with Gasteiger partial charge in [-0.3, -0.25) is 14.2 Å². The molecule has 1 aliphatic rings. The van der Waals surface area contributed by atoms with Gasteiger partial charge in [-0.15, -0.1) is 10.2 Å². The molecule has 0 aliphatic heterocycles. The number of ketones is 1. The second kappa shape index (κ2) is 10.4. The fourth-order valence-electron chi connectivity index (χ4n) is 4.14. The Hall–Kier alpha value is -4.69. The van der Waals surface area contributed by atoms with Crippen LogP contribution in [0.1, 0.15) is 33.6 Å². The number of nitrogens with zero attached hydrogens (tertiary/aromatic N) is 8. The van der Waals surface area contributed by atoms with Crippen LogP contribution in [0.3, 0.4) is 0 Å². The molecule has 0 bridgehead atoms. The van der Waals surface area contributed by atoms with E-state index in [1.165, 1.54) is 6.33 Å². The number of hydrogen-bond donors (Lipinski definition) is 0. The highest BCUT2D eigenvalue weighted by atomic mass is 79.9. The van der Waals surface area contributed by atoms with Gasteiger partial charge in [0, 0.05) is 31.2 Å². The van der Waals surface area contributed by atoms with Crippen LogP contribution in [0, 0.1) is 11.3 Å². The van der Waals surface area contributed by atoms with Crippen molar-refractivity contribution in [2.24, 2.45) is 0 Å². The molecule has 0 radical (unpaired) electrons. The van der Waals surface area contributed by atoms with Crippen LogP contribution < -0.4 is 10.5 Å². The molecule has 0 atom stereocenters. The molecule has 0 amide bonds. The molecule has 3 heterocycles. The first-order valence-corrected chi connectivity index (χ1v) is 12.4. The van der Waals surface area contributed by atoms with Crippen LogP contribution in [0.25, 0.3) is 22.8 Å². The molecule has 0 saturated carbocycles. The summed E-state index contributed by atoms with van der Waals surface area (Å²) in [5.41, 5.74) is 3.47. The summed E-state index contributed by atoms with van der Waals surface area (Å²) in [5.74, 6) is 1.22. The van der Waals surface area contributed by atoms with E-state index in [4.69, 9.17) is 5.26 Å². The maximum Gasteiger partial charge on any atom is 0.263 e. The fourth-order valence-corrected chi connectivity index (χ4v) is 4.50.